The van der Waals surface area contributed by atoms with Crippen LogP contribution in [-0.2, 0) is 4.74 Å². The second-order valence-electron chi connectivity index (χ2n) is 3.97. The van der Waals surface area contributed by atoms with E-state index in [1.54, 1.807) is 0 Å². The highest BCUT2D eigenvalue weighted by Crippen LogP contribution is 2.21. The molecule has 0 bridgehead atoms. The summed E-state index contributed by atoms with van der Waals surface area (Å²) in [7, 11) is 0. The van der Waals surface area contributed by atoms with E-state index in [0.29, 0.717) is 19.2 Å². The Morgan fingerprint density at radius 2 is 2.33 bits per heavy atom. The topological polar surface area (TPSA) is 55.6 Å². The Kier molecular flexibility index (Phi) is 5.47. The molecule has 1 fully saturated rings. The Bertz CT molecular complexity index is 197. The first kappa shape index (κ1) is 12.3. The molecule has 1 aliphatic heterocycles. The van der Waals surface area contributed by atoms with Crippen molar-refractivity contribution in [3.63, 3.8) is 0 Å². The summed E-state index contributed by atoms with van der Waals surface area (Å²) in [5.74, 6) is 0. The maximum atomic E-state index is 11.6. The molecule has 1 amide bonds. The van der Waals surface area contributed by atoms with Crippen molar-refractivity contribution in [2.75, 3.05) is 19.7 Å². The van der Waals surface area contributed by atoms with Gasteiger partial charge in [-0.15, -0.1) is 0 Å². The molecule has 0 spiro atoms. The third kappa shape index (κ3) is 3.70. The fraction of sp³-hybridized carbons (Fsp3) is 0.909. The van der Waals surface area contributed by atoms with Gasteiger partial charge < -0.3 is 15.4 Å². The number of nitrogens with two attached hydrogens (primary N) is 1. The molecular weight excluding hydrogens is 192 g/mol. The van der Waals surface area contributed by atoms with Gasteiger partial charge in [-0.25, -0.2) is 4.79 Å². The first-order valence-corrected chi connectivity index (χ1v) is 5.93. The van der Waals surface area contributed by atoms with E-state index in [2.05, 4.69) is 0 Å². The maximum Gasteiger partial charge on any atom is 0.409 e. The Morgan fingerprint density at radius 3 is 3.00 bits per heavy atom. The predicted octanol–water partition coefficient (Wildman–Crippen LogP) is 1.74. The van der Waals surface area contributed by atoms with Crippen molar-refractivity contribution in [2.45, 2.75) is 45.1 Å². The molecular formula is C11H22N2O2. The molecule has 1 unspecified atom stereocenters. The zero-order valence-electron chi connectivity index (χ0n) is 9.58. The molecule has 15 heavy (non-hydrogen) atoms. The van der Waals surface area contributed by atoms with E-state index in [1.165, 1.54) is 6.42 Å². The van der Waals surface area contributed by atoms with Crippen LogP contribution in [0.5, 0.6) is 0 Å². The number of carbonyl (C=O) groups excluding carboxylic acids is 1. The Labute approximate surface area is 91.8 Å². The fourth-order valence-electron chi connectivity index (χ4n) is 2.10. The van der Waals surface area contributed by atoms with Crippen LogP contribution < -0.4 is 5.73 Å². The smallest absolute Gasteiger partial charge is 0.409 e. The van der Waals surface area contributed by atoms with Crippen molar-refractivity contribution in [3.05, 3.63) is 0 Å². The summed E-state index contributed by atoms with van der Waals surface area (Å²) in [6.45, 7) is 3.84. The molecule has 4 heteroatoms. The molecule has 1 aliphatic rings. The lowest BCUT2D eigenvalue weighted by Crippen LogP contribution is -2.44. The van der Waals surface area contributed by atoms with E-state index in [0.717, 1.165) is 32.2 Å². The van der Waals surface area contributed by atoms with E-state index in [4.69, 9.17) is 10.5 Å². The van der Waals surface area contributed by atoms with Gasteiger partial charge in [0.15, 0.2) is 0 Å². The lowest BCUT2D eigenvalue weighted by Gasteiger charge is -2.34. The van der Waals surface area contributed by atoms with Crippen LogP contribution in [-0.4, -0.2) is 36.7 Å². The Balaban J connectivity index is 2.45. The number of amides is 1. The lowest BCUT2D eigenvalue weighted by molar-refractivity contribution is 0.0741. The molecule has 0 radical (unpaired) electrons. The normalized spacial score (nSPS) is 21.5. The second-order valence-corrected chi connectivity index (χ2v) is 3.97. The third-order valence-corrected chi connectivity index (χ3v) is 2.87. The van der Waals surface area contributed by atoms with Gasteiger partial charge in [0.05, 0.1) is 6.61 Å². The molecule has 0 saturated carbocycles. The summed E-state index contributed by atoms with van der Waals surface area (Å²) in [6.07, 6.45) is 5.25. The molecule has 2 N–H and O–H groups in total. The van der Waals surface area contributed by atoms with Crippen molar-refractivity contribution >= 4 is 6.09 Å². The van der Waals surface area contributed by atoms with Crippen LogP contribution in [0.4, 0.5) is 4.79 Å². The van der Waals surface area contributed by atoms with Gasteiger partial charge in [0.1, 0.15) is 0 Å². The molecule has 1 saturated heterocycles. The van der Waals surface area contributed by atoms with Crippen LogP contribution in [0.1, 0.15) is 39.0 Å². The van der Waals surface area contributed by atoms with Gasteiger partial charge in [-0.05, 0) is 45.6 Å². The molecule has 1 rings (SSSR count). The van der Waals surface area contributed by atoms with E-state index >= 15 is 0 Å². The summed E-state index contributed by atoms with van der Waals surface area (Å²) in [5, 5.41) is 0. The van der Waals surface area contributed by atoms with Gasteiger partial charge in [0, 0.05) is 12.6 Å². The van der Waals surface area contributed by atoms with Gasteiger partial charge >= 0.3 is 6.09 Å². The zero-order chi connectivity index (χ0) is 11.1. The first-order valence-electron chi connectivity index (χ1n) is 5.93. The molecule has 4 nitrogen and oxygen atoms in total. The third-order valence-electron chi connectivity index (χ3n) is 2.87. The number of likely N-dealkylation sites (tertiary alicyclic amines) is 1. The second kappa shape index (κ2) is 6.67. The molecule has 0 aliphatic carbocycles. The van der Waals surface area contributed by atoms with E-state index < -0.39 is 0 Å². The van der Waals surface area contributed by atoms with Crippen molar-refractivity contribution in [3.8, 4) is 0 Å². The number of ether oxygens (including phenoxy) is 1. The Morgan fingerprint density at radius 1 is 1.53 bits per heavy atom. The largest absolute Gasteiger partial charge is 0.450 e. The van der Waals surface area contributed by atoms with Crippen molar-refractivity contribution in [1.82, 2.24) is 4.90 Å². The quantitative estimate of drug-likeness (QED) is 0.775. The van der Waals surface area contributed by atoms with Gasteiger partial charge in [-0.1, -0.05) is 0 Å². The summed E-state index contributed by atoms with van der Waals surface area (Å²) < 4.78 is 5.05. The van der Waals surface area contributed by atoms with Crippen LogP contribution in [0.15, 0.2) is 0 Å². The van der Waals surface area contributed by atoms with E-state index in [1.807, 2.05) is 11.8 Å². The summed E-state index contributed by atoms with van der Waals surface area (Å²) in [5.41, 5.74) is 5.49. The van der Waals surface area contributed by atoms with E-state index in [-0.39, 0.29) is 6.09 Å². The highest BCUT2D eigenvalue weighted by molar-refractivity contribution is 5.68. The highest BCUT2D eigenvalue weighted by atomic mass is 16.6. The monoisotopic (exact) mass is 214 g/mol. The number of hydrogen-bond donors (Lipinski definition) is 1. The summed E-state index contributed by atoms with van der Waals surface area (Å²) >= 11 is 0. The molecule has 0 aromatic rings. The van der Waals surface area contributed by atoms with Crippen LogP contribution in [0.25, 0.3) is 0 Å². The van der Waals surface area contributed by atoms with Crippen LogP contribution >= 0.6 is 0 Å². The summed E-state index contributed by atoms with van der Waals surface area (Å²) in [6, 6.07) is 0.348. The fourth-order valence-corrected chi connectivity index (χ4v) is 2.10. The van der Waals surface area contributed by atoms with E-state index in [9.17, 15) is 4.79 Å². The molecule has 88 valence electrons. The highest BCUT2D eigenvalue weighted by Gasteiger charge is 2.26. The average molecular weight is 214 g/mol. The van der Waals surface area contributed by atoms with Gasteiger partial charge in [0.2, 0.25) is 0 Å². The SMILES string of the molecule is CCOC(=O)N1CCCCC1CCCN. The zero-order valence-corrected chi connectivity index (χ0v) is 9.58. The number of piperidine rings is 1. The van der Waals surface area contributed by atoms with Gasteiger partial charge in [0.25, 0.3) is 0 Å². The van der Waals surface area contributed by atoms with Gasteiger partial charge in [-0.2, -0.15) is 0 Å². The van der Waals surface area contributed by atoms with Crippen LogP contribution in [0.2, 0.25) is 0 Å². The standard InChI is InChI=1S/C11H22N2O2/c1-2-15-11(14)13-9-4-3-6-10(13)7-5-8-12/h10H,2-9,12H2,1H3. The minimum atomic E-state index is -0.153. The predicted molar refractivity (Wildman–Crippen MR) is 59.7 cm³/mol. The lowest BCUT2D eigenvalue weighted by atomic mass is 9.98. The Hall–Kier alpha value is -0.770. The maximum absolute atomic E-state index is 11.6. The molecule has 0 aromatic heterocycles. The van der Waals surface area contributed by atoms with Crippen LogP contribution in [0.3, 0.4) is 0 Å². The average Bonchev–Trinajstić information content (AvgIpc) is 2.27. The minimum Gasteiger partial charge on any atom is -0.450 e. The van der Waals surface area contributed by atoms with Crippen molar-refractivity contribution in [1.29, 1.82) is 0 Å². The van der Waals surface area contributed by atoms with Crippen molar-refractivity contribution < 1.29 is 9.53 Å². The minimum absolute atomic E-state index is 0.153. The number of rotatable bonds is 4. The number of carbonyl (C=O) groups is 1. The first-order chi connectivity index (χ1) is 7.29. The van der Waals surface area contributed by atoms with Crippen LogP contribution in [0, 0.1) is 0 Å². The van der Waals surface area contributed by atoms with Gasteiger partial charge in [-0.3, -0.25) is 0 Å². The molecule has 1 atom stereocenters. The summed E-state index contributed by atoms with van der Waals surface area (Å²) in [4.78, 5) is 13.5. The number of hydrogen-bond acceptors (Lipinski definition) is 3. The number of nitrogens with zero attached hydrogens (tertiary/aromatic N) is 1. The molecule has 1 heterocycles. The van der Waals surface area contributed by atoms with Crippen molar-refractivity contribution in [2.24, 2.45) is 5.73 Å². The molecule has 0 aromatic carbocycles.